The smallest absolute Gasteiger partial charge is 0.222 e. The number of hydrogen-bond acceptors (Lipinski definition) is 2. The number of carbonyl (C=O) groups excluding carboxylic acids is 1. The maximum atomic E-state index is 11.6. The Morgan fingerprint density at radius 1 is 1.46 bits per heavy atom. The van der Waals surface area contributed by atoms with Crippen molar-refractivity contribution in [2.45, 2.75) is 38.6 Å². The van der Waals surface area contributed by atoms with Crippen molar-refractivity contribution in [3.8, 4) is 0 Å². The second-order valence-corrected chi connectivity index (χ2v) is 3.84. The Balaban J connectivity index is 2.40. The van der Waals surface area contributed by atoms with Crippen molar-refractivity contribution in [2.24, 2.45) is 0 Å². The lowest BCUT2D eigenvalue weighted by molar-refractivity contribution is -0.130. The summed E-state index contributed by atoms with van der Waals surface area (Å²) in [7, 11) is 1.94. The van der Waals surface area contributed by atoms with Crippen molar-refractivity contribution < 1.29 is 4.79 Å². The number of carbonyl (C=O) groups is 1. The van der Waals surface area contributed by atoms with Gasteiger partial charge in [-0.05, 0) is 26.8 Å². The van der Waals surface area contributed by atoms with Crippen molar-refractivity contribution in [1.82, 2.24) is 10.2 Å². The third-order valence-electron chi connectivity index (χ3n) is 2.66. The summed E-state index contributed by atoms with van der Waals surface area (Å²) in [6.45, 7) is 3.92. The van der Waals surface area contributed by atoms with Crippen LogP contribution in [-0.2, 0) is 4.79 Å². The average Bonchev–Trinajstić information content (AvgIpc) is 2.32. The molecule has 0 bridgehead atoms. The molecule has 3 heteroatoms. The van der Waals surface area contributed by atoms with Crippen LogP contribution in [0.15, 0.2) is 0 Å². The van der Waals surface area contributed by atoms with Gasteiger partial charge in [0, 0.05) is 25.6 Å². The number of hydrogen-bond donors (Lipinski definition) is 1. The molecule has 0 aromatic heterocycles. The van der Waals surface area contributed by atoms with Gasteiger partial charge < -0.3 is 10.2 Å². The largest absolute Gasteiger partial charge is 0.341 e. The second kappa shape index (κ2) is 5.22. The van der Waals surface area contributed by atoms with Crippen molar-refractivity contribution in [3.63, 3.8) is 0 Å². The molecule has 1 saturated heterocycles. The van der Waals surface area contributed by atoms with Gasteiger partial charge in [-0.15, -0.1) is 0 Å². The molecule has 0 saturated carbocycles. The highest BCUT2D eigenvalue weighted by atomic mass is 16.2. The SMILES string of the molecule is CNC(C)CN1CCCCCC1=O. The minimum Gasteiger partial charge on any atom is -0.341 e. The first kappa shape index (κ1) is 10.5. The third kappa shape index (κ3) is 3.35. The van der Waals surface area contributed by atoms with E-state index in [1.165, 1.54) is 12.8 Å². The second-order valence-electron chi connectivity index (χ2n) is 3.84. The lowest BCUT2D eigenvalue weighted by atomic mass is 10.2. The lowest BCUT2D eigenvalue weighted by Gasteiger charge is -2.24. The van der Waals surface area contributed by atoms with Crippen LogP contribution in [0.3, 0.4) is 0 Å². The Morgan fingerprint density at radius 2 is 2.23 bits per heavy atom. The number of likely N-dealkylation sites (tertiary alicyclic amines) is 1. The number of likely N-dealkylation sites (N-methyl/N-ethyl adjacent to an activating group) is 1. The van der Waals surface area contributed by atoms with Gasteiger partial charge in [0.05, 0.1) is 0 Å². The standard InChI is InChI=1S/C10H20N2O/c1-9(11-2)8-12-7-5-3-4-6-10(12)13/h9,11H,3-8H2,1-2H3. The number of nitrogens with zero attached hydrogens (tertiary/aromatic N) is 1. The van der Waals surface area contributed by atoms with Crippen LogP contribution in [0.1, 0.15) is 32.6 Å². The summed E-state index contributed by atoms with van der Waals surface area (Å²) < 4.78 is 0. The molecule has 0 aromatic rings. The molecule has 0 aliphatic carbocycles. The average molecular weight is 184 g/mol. The Hall–Kier alpha value is -0.570. The molecule has 1 rings (SSSR count). The van der Waals surface area contributed by atoms with E-state index in [0.717, 1.165) is 25.9 Å². The van der Waals surface area contributed by atoms with Crippen LogP contribution in [0, 0.1) is 0 Å². The van der Waals surface area contributed by atoms with Gasteiger partial charge in [0.25, 0.3) is 0 Å². The summed E-state index contributed by atoms with van der Waals surface area (Å²) in [6.07, 6.45) is 4.19. The molecule has 76 valence electrons. The molecule has 3 nitrogen and oxygen atoms in total. The summed E-state index contributed by atoms with van der Waals surface area (Å²) in [6, 6.07) is 0.405. The predicted octanol–water partition coefficient (Wildman–Crippen LogP) is 0.997. The lowest BCUT2D eigenvalue weighted by Crippen LogP contribution is -2.40. The Morgan fingerprint density at radius 3 is 2.92 bits per heavy atom. The van der Waals surface area contributed by atoms with Gasteiger partial charge in [0.1, 0.15) is 0 Å². The first-order valence-corrected chi connectivity index (χ1v) is 5.19. The molecule has 1 aliphatic heterocycles. The Bertz CT molecular complexity index is 170. The fourth-order valence-corrected chi connectivity index (χ4v) is 1.65. The van der Waals surface area contributed by atoms with Crippen LogP contribution in [0.25, 0.3) is 0 Å². The van der Waals surface area contributed by atoms with E-state index in [1.807, 2.05) is 11.9 Å². The van der Waals surface area contributed by atoms with E-state index in [-0.39, 0.29) is 0 Å². The van der Waals surface area contributed by atoms with Crippen LogP contribution < -0.4 is 5.32 Å². The van der Waals surface area contributed by atoms with Gasteiger partial charge in [-0.2, -0.15) is 0 Å². The molecule has 1 atom stereocenters. The van der Waals surface area contributed by atoms with Crippen molar-refractivity contribution >= 4 is 5.91 Å². The zero-order valence-electron chi connectivity index (χ0n) is 8.68. The summed E-state index contributed by atoms with van der Waals surface area (Å²) in [5.74, 6) is 0.333. The number of nitrogens with one attached hydrogen (secondary N) is 1. The molecule has 1 fully saturated rings. The van der Waals surface area contributed by atoms with E-state index in [1.54, 1.807) is 0 Å². The van der Waals surface area contributed by atoms with Crippen LogP contribution in [-0.4, -0.2) is 37.0 Å². The maximum absolute atomic E-state index is 11.6. The number of amides is 1. The highest BCUT2D eigenvalue weighted by Crippen LogP contribution is 2.11. The van der Waals surface area contributed by atoms with E-state index in [4.69, 9.17) is 0 Å². The molecule has 0 spiro atoms. The van der Waals surface area contributed by atoms with Crippen molar-refractivity contribution in [1.29, 1.82) is 0 Å². The van der Waals surface area contributed by atoms with E-state index >= 15 is 0 Å². The molecule has 1 heterocycles. The zero-order valence-corrected chi connectivity index (χ0v) is 8.68. The maximum Gasteiger partial charge on any atom is 0.222 e. The summed E-state index contributed by atoms with van der Waals surface area (Å²) in [5, 5.41) is 3.16. The van der Waals surface area contributed by atoms with Gasteiger partial charge in [0.15, 0.2) is 0 Å². The first-order valence-electron chi connectivity index (χ1n) is 5.19. The molecule has 1 amide bonds. The van der Waals surface area contributed by atoms with E-state index < -0.39 is 0 Å². The van der Waals surface area contributed by atoms with Gasteiger partial charge in [0.2, 0.25) is 5.91 Å². The molecular formula is C10H20N2O. The van der Waals surface area contributed by atoms with Gasteiger partial charge in [-0.3, -0.25) is 4.79 Å². The van der Waals surface area contributed by atoms with Crippen molar-refractivity contribution in [2.75, 3.05) is 20.1 Å². The number of rotatable bonds is 3. The van der Waals surface area contributed by atoms with Crippen LogP contribution >= 0.6 is 0 Å². The zero-order chi connectivity index (χ0) is 9.68. The molecule has 1 aliphatic rings. The summed E-state index contributed by atoms with van der Waals surface area (Å²) in [5.41, 5.74) is 0. The minimum absolute atomic E-state index is 0.333. The summed E-state index contributed by atoms with van der Waals surface area (Å²) in [4.78, 5) is 13.6. The Kier molecular flexibility index (Phi) is 4.22. The molecule has 1 N–H and O–H groups in total. The van der Waals surface area contributed by atoms with Gasteiger partial charge >= 0.3 is 0 Å². The molecular weight excluding hydrogens is 164 g/mol. The van der Waals surface area contributed by atoms with Gasteiger partial charge in [-0.1, -0.05) is 6.42 Å². The van der Waals surface area contributed by atoms with Crippen LogP contribution in [0.4, 0.5) is 0 Å². The van der Waals surface area contributed by atoms with Crippen molar-refractivity contribution in [3.05, 3.63) is 0 Å². The molecule has 0 radical (unpaired) electrons. The topological polar surface area (TPSA) is 32.3 Å². The highest BCUT2D eigenvalue weighted by Gasteiger charge is 2.17. The van der Waals surface area contributed by atoms with Gasteiger partial charge in [-0.25, -0.2) is 0 Å². The van der Waals surface area contributed by atoms with E-state index in [9.17, 15) is 4.79 Å². The highest BCUT2D eigenvalue weighted by molar-refractivity contribution is 5.76. The predicted molar refractivity (Wildman–Crippen MR) is 53.6 cm³/mol. The quantitative estimate of drug-likeness (QED) is 0.709. The third-order valence-corrected chi connectivity index (χ3v) is 2.66. The first-order chi connectivity index (χ1) is 6.24. The summed E-state index contributed by atoms with van der Waals surface area (Å²) >= 11 is 0. The normalized spacial score (nSPS) is 21.4. The monoisotopic (exact) mass is 184 g/mol. The Labute approximate surface area is 80.5 Å². The minimum atomic E-state index is 0.333. The van der Waals surface area contributed by atoms with Crippen LogP contribution in [0.5, 0.6) is 0 Å². The molecule has 1 unspecified atom stereocenters. The molecule has 0 aromatic carbocycles. The fourth-order valence-electron chi connectivity index (χ4n) is 1.65. The van der Waals surface area contributed by atoms with E-state index in [2.05, 4.69) is 12.2 Å². The van der Waals surface area contributed by atoms with Crippen LogP contribution in [0.2, 0.25) is 0 Å². The fraction of sp³-hybridized carbons (Fsp3) is 0.900. The molecule has 13 heavy (non-hydrogen) atoms. The van der Waals surface area contributed by atoms with E-state index in [0.29, 0.717) is 11.9 Å².